The molecular weight excluding hydrogens is 308 g/mol. The third-order valence-corrected chi connectivity index (χ3v) is 5.39. The second-order valence-corrected chi connectivity index (χ2v) is 7.56. The third kappa shape index (κ3) is 11.2. The summed E-state index contributed by atoms with van der Waals surface area (Å²) in [5, 5.41) is 0. The minimum absolute atomic E-state index is 0.0835. The molecule has 0 saturated heterocycles. The van der Waals surface area contributed by atoms with Crippen LogP contribution in [0.3, 0.4) is 0 Å². The number of hydrogen-bond acceptors (Lipinski definition) is 2. The van der Waals surface area contributed by atoms with E-state index in [1.807, 2.05) is 0 Å². The maximum atomic E-state index is 11.4. The molecule has 25 heavy (non-hydrogen) atoms. The zero-order chi connectivity index (χ0) is 18.2. The zero-order valence-electron chi connectivity index (χ0n) is 16.5. The summed E-state index contributed by atoms with van der Waals surface area (Å²) in [5.41, 5.74) is 0. The highest BCUT2D eigenvalue weighted by molar-refractivity contribution is 5.69. The summed E-state index contributed by atoms with van der Waals surface area (Å²) < 4.78 is 5.00. The maximum Gasteiger partial charge on any atom is 0.306 e. The molecule has 0 aromatic heterocycles. The van der Waals surface area contributed by atoms with Crippen molar-refractivity contribution >= 4 is 5.97 Å². The summed E-state index contributed by atoms with van der Waals surface area (Å²) in [4.78, 5) is 11.4. The molecule has 0 aromatic carbocycles. The van der Waals surface area contributed by atoms with Gasteiger partial charge in [0.2, 0.25) is 0 Å². The molecule has 0 aromatic rings. The van der Waals surface area contributed by atoms with Gasteiger partial charge in [0.1, 0.15) is 6.61 Å². The molecule has 2 nitrogen and oxygen atoms in total. The second-order valence-electron chi connectivity index (χ2n) is 7.56. The van der Waals surface area contributed by atoms with E-state index in [1.165, 1.54) is 70.6 Å². The quantitative estimate of drug-likeness (QED) is 0.181. The molecular formula is C23H40O2. The van der Waals surface area contributed by atoms with Crippen molar-refractivity contribution in [3.05, 3.63) is 24.8 Å². The van der Waals surface area contributed by atoms with Crippen molar-refractivity contribution in [2.75, 3.05) is 6.61 Å². The molecule has 0 heterocycles. The van der Waals surface area contributed by atoms with Crippen LogP contribution in [-0.4, -0.2) is 12.6 Å². The summed E-state index contributed by atoms with van der Waals surface area (Å²) in [6.45, 7) is 6.16. The molecule has 0 bridgehead atoms. The molecule has 0 spiro atoms. The lowest BCUT2D eigenvalue weighted by Gasteiger charge is -2.16. The first kappa shape index (κ1) is 22.0. The standard InChI is InChI=1S/C23H40O2/c1-3-5-6-7-8-11-15-21-17-14-18-22(21)16-12-9-10-13-19-23(24)25-20-4-2/h4,11,15,21-22H,2-3,5-10,12-14,16-20H2,1H3/b15-11-/t21-,22-/m0/s1. The number of carbonyl (C=O) groups is 1. The van der Waals surface area contributed by atoms with Crippen molar-refractivity contribution in [1.29, 1.82) is 0 Å². The number of esters is 1. The van der Waals surface area contributed by atoms with Gasteiger partial charge >= 0.3 is 5.97 Å². The fraction of sp³-hybridized carbons (Fsp3) is 0.783. The minimum Gasteiger partial charge on any atom is -0.461 e. The Bertz CT molecular complexity index is 372. The van der Waals surface area contributed by atoms with Gasteiger partial charge in [0.05, 0.1) is 0 Å². The average Bonchev–Trinajstić information content (AvgIpc) is 3.06. The number of allylic oxidation sites excluding steroid dienone is 2. The summed E-state index contributed by atoms with van der Waals surface area (Å²) in [6.07, 6.45) is 24.1. The van der Waals surface area contributed by atoms with Crippen LogP contribution < -0.4 is 0 Å². The van der Waals surface area contributed by atoms with Gasteiger partial charge < -0.3 is 4.74 Å². The summed E-state index contributed by atoms with van der Waals surface area (Å²) in [7, 11) is 0. The van der Waals surface area contributed by atoms with Gasteiger partial charge in [-0.3, -0.25) is 4.79 Å². The van der Waals surface area contributed by atoms with Gasteiger partial charge in [-0.05, 0) is 50.4 Å². The smallest absolute Gasteiger partial charge is 0.306 e. The van der Waals surface area contributed by atoms with E-state index in [0.29, 0.717) is 13.0 Å². The number of ether oxygens (including phenoxy) is 1. The molecule has 2 atom stereocenters. The number of carbonyl (C=O) groups excluding carboxylic acids is 1. The Morgan fingerprint density at radius 3 is 2.68 bits per heavy atom. The van der Waals surface area contributed by atoms with Crippen LogP contribution in [0.5, 0.6) is 0 Å². The van der Waals surface area contributed by atoms with Crippen LogP contribution in [0.15, 0.2) is 24.8 Å². The van der Waals surface area contributed by atoms with Gasteiger partial charge in [0.15, 0.2) is 0 Å². The van der Waals surface area contributed by atoms with Crippen LogP contribution >= 0.6 is 0 Å². The van der Waals surface area contributed by atoms with Gasteiger partial charge in [-0.1, -0.05) is 76.7 Å². The summed E-state index contributed by atoms with van der Waals surface area (Å²) in [5.74, 6) is 1.66. The summed E-state index contributed by atoms with van der Waals surface area (Å²) >= 11 is 0. The van der Waals surface area contributed by atoms with Crippen LogP contribution in [0.25, 0.3) is 0 Å². The highest BCUT2D eigenvalue weighted by atomic mass is 16.5. The first-order chi connectivity index (χ1) is 12.3. The molecule has 1 saturated carbocycles. The lowest BCUT2D eigenvalue weighted by Crippen LogP contribution is -2.05. The van der Waals surface area contributed by atoms with E-state index >= 15 is 0 Å². The molecule has 0 unspecified atom stereocenters. The Hall–Kier alpha value is -1.05. The molecule has 0 aliphatic heterocycles. The highest BCUT2D eigenvalue weighted by Crippen LogP contribution is 2.36. The Kier molecular flexibility index (Phi) is 13.4. The molecule has 1 fully saturated rings. The third-order valence-electron chi connectivity index (χ3n) is 5.39. The van der Waals surface area contributed by atoms with Crippen LogP contribution in [0.2, 0.25) is 0 Å². The zero-order valence-corrected chi connectivity index (χ0v) is 16.5. The van der Waals surface area contributed by atoms with E-state index in [2.05, 4.69) is 25.7 Å². The Morgan fingerprint density at radius 2 is 1.88 bits per heavy atom. The van der Waals surface area contributed by atoms with E-state index in [9.17, 15) is 4.79 Å². The van der Waals surface area contributed by atoms with E-state index in [1.54, 1.807) is 6.08 Å². The SMILES string of the molecule is C=CCOC(=O)CCCCCC[C@H]1CCC[C@@H]1/C=C\CCCCCC. The van der Waals surface area contributed by atoms with Crippen molar-refractivity contribution in [2.24, 2.45) is 11.8 Å². The fourth-order valence-corrected chi connectivity index (χ4v) is 3.89. The van der Waals surface area contributed by atoms with E-state index in [0.717, 1.165) is 24.7 Å². The minimum atomic E-state index is -0.0835. The van der Waals surface area contributed by atoms with E-state index in [4.69, 9.17) is 4.74 Å². The van der Waals surface area contributed by atoms with E-state index in [-0.39, 0.29) is 5.97 Å². The normalized spacial score (nSPS) is 20.2. The van der Waals surface area contributed by atoms with Crippen molar-refractivity contribution in [3.8, 4) is 0 Å². The van der Waals surface area contributed by atoms with Gasteiger partial charge in [-0.25, -0.2) is 0 Å². The first-order valence-corrected chi connectivity index (χ1v) is 10.7. The maximum absolute atomic E-state index is 11.4. The molecule has 1 aliphatic rings. The van der Waals surface area contributed by atoms with Crippen molar-refractivity contribution in [2.45, 2.75) is 96.8 Å². The monoisotopic (exact) mass is 348 g/mol. The molecule has 0 radical (unpaired) electrons. The van der Waals surface area contributed by atoms with Gasteiger partial charge in [0, 0.05) is 6.42 Å². The van der Waals surface area contributed by atoms with Crippen molar-refractivity contribution in [1.82, 2.24) is 0 Å². The molecule has 2 heteroatoms. The summed E-state index contributed by atoms with van der Waals surface area (Å²) in [6, 6.07) is 0. The lowest BCUT2D eigenvalue weighted by atomic mass is 9.90. The van der Waals surface area contributed by atoms with Crippen LogP contribution in [0, 0.1) is 11.8 Å². The van der Waals surface area contributed by atoms with Crippen molar-refractivity contribution < 1.29 is 9.53 Å². The Labute approximate surface area is 156 Å². The predicted octanol–water partition coefficient (Wildman–Crippen LogP) is 7.00. The molecule has 0 N–H and O–H groups in total. The molecule has 1 aliphatic carbocycles. The number of hydrogen-bond donors (Lipinski definition) is 0. The number of unbranched alkanes of at least 4 members (excludes halogenated alkanes) is 7. The highest BCUT2D eigenvalue weighted by Gasteiger charge is 2.24. The Morgan fingerprint density at radius 1 is 1.08 bits per heavy atom. The average molecular weight is 349 g/mol. The molecule has 1 rings (SSSR count). The van der Waals surface area contributed by atoms with Gasteiger partial charge in [-0.15, -0.1) is 0 Å². The topological polar surface area (TPSA) is 26.3 Å². The predicted molar refractivity (Wildman–Crippen MR) is 108 cm³/mol. The van der Waals surface area contributed by atoms with Crippen LogP contribution in [0.1, 0.15) is 96.8 Å². The Balaban J connectivity index is 2.04. The first-order valence-electron chi connectivity index (χ1n) is 10.7. The van der Waals surface area contributed by atoms with Crippen molar-refractivity contribution in [3.63, 3.8) is 0 Å². The van der Waals surface area contributed by atoms with Crippen LogP contribution in [-0.2, 0) is 9.53 Å². The molecule has 0 amide bonds. The lowest BCUT2D eigenvalue weighted by molar-refractivity contribution is -0.142. The largest absolute Gasteiger partial charge is 0.461 e. The fourth-order valence-electron chi connectivity index (χ4n) is 3.89. The number of rotatable bonds is 15. The molecule has 144 valence electrons. The van der Waals surface area contributed by atoms with Crippen LogP contribution in [0.4, 0.5) is 0 Å². The van der Waals surface area contributed by atoms with Gasteiger partial charge in [-0.2, -0.15) is 0 Å². The van der Waals surface area contributed by atoms with E-state index < -0.39 is 0 Å². The van der Waals surface area contributed by atoms with Gasteiger partial charge in [0.25, 0.3) is 0 Å². The second kappa shape index (κ2) is 15.2.